The number of rotatable bonds is 3. The first-order valence-electron chi connectivity index (χ1n) is 8.13. The van der Waals surface area contributed by atoms with Gasteiger partial charge in [-0.15, -0.1) is 11.8 Å². The van der Waals surface area contributed by atoms with E-state index in [4.69, 9.17) is 4.52 Å². The van der Waals surface area contributed by atoms with Crippen LogP contribution in [0.1, 0.15) is 49.2 Å². The van der Waals surface area contributed by atoms with Gasteiger partial charge < -0.3 is 9.42 Å². The molecular weight excluding hydrogens is 318 g/mol. The molecule has 0 aromatic carbocycles. The van der Waals surface area contributed by atoms with Gasteiger partial charge in [0.2, 0.25) is 11.8 Å². The van der Waals surface area contributed by atoms with Crippen LogP contribution in [0.15, 0.2) is 4.52 Å². The van der Waals surface area contributed by atoms with Gasteiger partial charge in [-0.2, -0.15) is 16.7 Å². The molecule has 0 unspecified atom stereocenters. The zero-order chi connectivity index (χ0) is 14.9. The standard InChI is InChI=1S/C15H21N3O2S2/c19-15(12-9-21-6-7-22-12)18-5-1-2-11(8-18)13-16-14(20-17-13)10-3-4-10/h10-12H,1-9H2/t11-,12-/m0/s1. The highest BCUT2D eigenvalue weighted by atomic mass is 32.2. The Kier molecular flexibility index (Phi) is 4.35. The topological polar surface area (TPSA) is 59.2 Å². The molecule has 0 radical (unpaired) electrons. The molecule has 0 N–H and O–H groups in total. The minimum atomic E-state index is 0.143. The van der Waals surface area contributed by atoms with Crippen molar-refractivity contribution in [3.63, 3.8) is 0 Å². The predicted octanol–water partition coefficient (Wildman–Crippen LogP) is 2.50. The van der Waals surface area contributed by atoms with Crippen LogP contribution in [0, 0.1) is 0 Å². The highest BCUT2D eigenvalue weighted by Gasteiger charge is 2.34. The van der Waals surface area contributed by atoms with Crippen molar-refractivity contribution in [3.8, 4) is 0 Å². The summed E-state index contributed by atoms with van der Waals surface area (Å²) in [5.41, 5.74) is 0. The van der Waals surface area contributed by atoms with Gasteiger partial charge in [0.25, 0.3) is 0 Å². The second-order valence-electron chi connectivity index (χ2n) is 6.32. The normalized spacial score (nSPS) is 29.5. The van der Waals surface area contributed by atoms with Crippen LogP contribution in [-0.4, -0.2) is 56.5 Å². The molecule has 3 fully saturated rings. The number of carbonyl (C=O) groups excluding carboxylic acids is 1. The summed E-state index contributed by atoms with van der Waals surface area (Å²) >= 11 is 3.71. The fourth-order valence-corrected chi connectivity index (χ4v) is 5.76. The average Bonchev–Trinajstić information content (AvgIpc) is 3.32. The zero-order valence-electron chi connectivity index (χ0n) is 12.6. The zero-order valence-corrected chi connectivity index (χ0v) is 14.2. The quantitative estimate of drug-likeness (QED) is 0.843. The number of hydrogen-bond donors (Lipinski definition) is 0. The van der Waals surface area contributed by atoms with Crippen molar-refractivity contribution in [1.82, 2.24) is 15.0 Å². The Hall–Kier alpha value is -0.690. The third-order valence-electron chi connectivity index (χ3n) is 4.57. The van der Waals surface area contributed by atoms with E-state index in [1.165, 1.54) is 18.6 Å². The Labute approximate surface area is 139 Å². The molecule has 0 bridgehead atoms. The van der Waals surface area contributed by atoms with Gasteiger partial charge in [-0.25, -0.2) is 0 Å². The maximum atomic E-state index is 12.7. The van der Waals surface area contributed by atoms with Crippen LogP contribution in [0.2, 0.25) is 0 Å². The fraction of sp³-hybridized carbons (Fsp3) is 0.800. The van der Waals surface area contributed by atoms with E-state index < -0.39 is 0 Å². The van der Waals surface area contributed by atoms with E-state index in [-0.39, 0.29) is 11.2 Å². The molecule has 0 spiro atoms. The molecule has 1 aliphatic carbocycles. The Morgan fingerprint density at radius 3 is 2.91 bits per heavy atom. The number of nitrogens with zero attached hydrogens (tertiary/aromatic N) is 3. The van der Waals surface area contributed by atoms with Crippen molar-refractivity contribution < 1.29 is 9.32 Å². The highest BCUT2D eigenvalue weighted by Crippen LogP contribution is 2.39. The lowest BCUT2D eigenvalue weighted by molar-refractivity contribution is -0.131. The Morgan fingerprint density at radius 2 is 2.14 bits per heavy atom. The maximum Gasteiger partial charge on any atom is 0.236 e. The lowest BCUT2D eigenvalue weighted by atomic mass is 9.97. The van der Waals surface area contributed by atoms with E-state index in [1.54, 1.807) is 0 Å². The van der Waals surface area contributed by atoms with Gasteiger partial charge in [0.05, 0.1) is 5.25 Å². The van der Waals surface area contributed by atoms with E-state index in [2.05, 4.69) is 10.1 Å². The molecule has 1 aromatic heterocycles. The molecule has 3 aliphatic rings. The second kappa shape index (κ2) is 6.43. The first-order chi connectivity index (χ1) is 10.8. The third-order valence-corrected chi connectivity index (χ3v) is 7.32. The molecule has 2 saturated heterocycles. The smallest absolute Gasteiger partial charge is 0.236 e. The monoisotopic (exact) mass is 339 g/mol. The van der Waals surface area contributed by atoms with Crippen LogP contribution in [0.25, 0.3) is 0 Å². The summed E-state index contributed by atoms with van der Waals surface area (Å²) in [7, 11) is 0. The van der Waals surface area contributed by atoms with Crippen molar-refractivity contribution in [2.24, 2.45) is 0 Å². The minimum absolute atomic E-state index is 0.143. The van der Waals surface area contributed by atoms with Crippen LogP contribution in [0.4, 0.5) is 0 Å². The summed E-state index contributed by atoms with van der Waals surface area (Å²) in [6.45, 7) is 1.63. The van der Waals surface area contributed by atoms with Gasteiger partial charge >= 0.3 is 0 Å². The van der Waals surface area contributed by atoms with Crippen LogP contribution >= 0.6 is 23.5 Å². The number of amides is 1. The first kappa shape index (κ1) is 14.9. The number of hydrogen-bond acceptors (Lipinski definition) is 6. The van der Waals surface area contributed by atoms with E-state index in [0.717, 1.165) is 49.2 Å². The van der Waals surface area contributed by atoms with Crippen LogP contribution in [0.5, 0.6) is 0 Å². The van der Waals surface area contributed by atoms with Crippen molar-refractivity contribution in [3.05, 3.63) is 11.7 Å². The van der Waals surface area contributed by atoms with E-state index >= 15 is 0 Å². The molecule has 1 saturated carbocycles. The number of aromatic nitrogens is 2. The molecule has 3 heterocycles. The van der Waals surface area contributed by atoms with Gasteiger partial charge in [0.15, 0.2) is 5.82 Å². The minimum Gasteiger partial charge on any atom is -0.341 e. The predicted molar refractivity (Wildman–Crippen MR) is 88.4 cm³/mol. The molecule has 1 amide bonds. The molecule has 2 aliphatic heterocycles. The van der Waals surface area contributed by atoms with E-state index in [9.17, 15) is 4.79 Å². The summed E-state index contributed by atoms with van der Waals surface area (Å²) in [6, 6.07) is 0. The maximum absolute atomic E-state index is 12.7. The Bertz CT molecular complexity index is 541. The van der Waals surface area contributed by atoms with Gasteiger partial charge in [-0.1, -0.05) is 5.16 Å². The van der Waals surface area contributed by atoms with Crippen LogP contribution in [0.3, 0.4) is 0 Å². The van der Waals surface area contributed by atoms with Crippen molar-refractivity contribution in [1.29, 1.82) is 0 Å². The third kappa shape index (κ3) is 3.15. The van der Waals surface area contributed by atoms with Gasteiger partial charge in [-0.3, -0.25) is 4.79 Å². The number of carbonyl (C=O) groups is 1. The van der Waals surface area contributed by atoms with Gasteiger partial charge in [0.1, 0.15) is 0 Å². The Balaban J connectivity index is 1.40. The highest BCUT2D eigenvalue weighted by molar-refractivity contribution is 8.07. The largest absolute Gasteiger partial charge is 0.341 e. The fourth-order valence-electron chi connectivity index (χ4n) is 3.13. The molecule has 22 heavy (non-hydrogen) atoms. The summed E-state index contributed by atoms with van der Waals surface area (Å²) in [4.78, 5) is 19.3. The van der Waals surface area contributed by atoms with Gasteiger partial charge in [0, 0.05) is 42.2 Å². The summed E-state index contributed by atoms with van der Waals surface area (Å²) in [6.07, 6.45) is 4.44. The molecular formula is C15H21N3O2S2. The first-order valence-corrected chi connectivity index (χ1v) is 10.3. The van der Waals surface area contributed by atoms with Gasteiger partial charge in [-0.05, 0) is 25.7 Å². The summed E-state index contributed by atoms with van der Waals surface area (Å²) < 4.78 is 5.38. The van der Waals surface area contributed by atoms with Crippen LogP contribution in [-0.2, 0) is 4.79 Å². The second-order valence-corrected chi connectivity index (χ2v) is 8.78. The van der Waals surface area contributed by atoms with Crippen molar-refractivity contribution in [2.75, 3.05) is 30.3 Å². The summed E-state index contributed by atoms with van der Waals surface area (Å²) in [5.74, 6) is 5.89. The molecule has 7 heteroatoms. The van der Waals surface area contributed by atoms with E-state index in [0.29, 0.717) is 11.8 Å². The number of thioether (sulfide) groups is 2. The number of piperidine rings is 1. The molecule has 2 atom stereocenters. The lowest BCUT2D eigenvalue weighted by Gasteiger charge is -2.34. The van der Waals surface area contributed by atoms with Crippen molar-refractivity contribution >= 4 is 29.4 Å². The SMILES string of the molecule is O=C([C@@H]1CSCCS1)N1CCC[C@H](c2noc(C3CC3)n2)C1. The molecule has 4 rings (SSSR count). The van der Waals surface area contributed by atoms with E-state index in [1.807, 2.05) is 28.4 Å². The Morgan fingerprint density at radius 1 is 1.23 bits per heavy atom. The molecule has 120 valence electrons. The summed E-state index contributed by atoms with van der Waals surface area (Å²) in [5, 5.41) is 4.32. The van der Waals surface area contributed by atoms with Crippen LogP contribution < -0.4 is 0 Å². The lowest BCUT2D eigenvalue weighted by Crippen LogP contribution is -2.45. The van der Waals surface area contributed by atoms with Crippen molar-refractivity contribution in [2.45, 2.75) is 42.8 Å². The molecule has 5 nitrogen and oxygen atoms in total. The molecule has 1 aromatic rings. The number of likely N-dealkylation sites (tertiary alicyclic amines) is 1. The average molecular weight is 339 g/mol.